The third kappa shape index (κ3) is 14.9. The van der Waals surface area contributed by atoms with Gasteiger partial charge in [0.05, 0.1) is 19.1 Å². The Morgan fingerprint density at radius 3 is 2.27 bits per heavy atom. The van der Waals surface area contributed by atoms with Crippen molar-refractivity contribution in [1.82, 2.24) is 35.6 Å². The number of aromatic nitrogens is 1. The number of para-hydroxylation sites is 1. The number of phenolic OH excluding ortho intramolecular Hbond substituents is 1. The van der Waals surface area contributed by atoms with Gasteiger partial charge in [-0.25, -0.2) is 0 Å². The number of aromatic hydroxyl groups is 1. The highest BCUT2D eigenvalue weighted by Gasteiger charge is 2.33. The molecule has 0 spiro atoms. The first kappa shape index (κ1) is 49.4. The topological polar surface area (TPSA) is 234 Å². The molecule has 2 aromatic carbocycles. The summed E-state index contributed by atoms with van der Waals surface area (Å²) in [5.41, 5.74) is 14.3. The molecule has 16 nitrogen and oxygen atoms in total. The number of rotatable bonds is 27. The van der Waals surface area contributed by atoms with Gasteiger partial charge in [0.15, 0.2) is 0 Å². The number of aldehydes is 1. The van der Waals surface area contributed by atoms with Crippen LogP contribution in [0.1, 0.15) is 50.7 Å². The van der Waals surface area contributed by atoms with Gasteiger partial charge in [-0.05, 0) is 73.9 Å². The van der Waals surface area contributed by atoms with Crippen molar-refractivity contribution in [1.29, 1.82) is 0 Å². The quantitative estimate of drug-likeness (QED) is 0.0425. The summed E-state index contributed by atoms with van der Waals surface area (Å²) in [6.45, 7) is 4.29. The molecule has 0 fully saturated rings. The summed E-state index contributed by atoms with van der Waals surface area (Å²) in [5, 5.41) is 21.7. The van der Waals surface area contributed by atoms with Crippen molar-refractivity contribution in [2.45, 2.75) is 83.1 Å². The predicted octanol–water partition coefficient (Wildman–Crippen LogP) is 1.16. The van der Waals surface area contributed by atoms with E-state index in [1.807, 2.05) is 43.3 Å². The molecule has 5 amide bonds. The van der Waals surface area contributed by atoms with E-state index in [4.69, 9.17) is 11.5 Å². The maximum atomic E-state index is 14.1. The molecule has 5 atom stereocenters. The Kier molecular flexibility index (Phi) is 21.1. The molecule has 0 saturated carbocycles. The monoisotopic (exact) mass is 851 g/mol. The number of thioether (sulfide) groups is 1. The summed E-state index contributed by atoms with van der Waals surface area (Å²) in [4.78, 5) is 82.1. The van der Waals surface area contributed by atoms with Crippen LogP contribution in [0.25, 0.3) is 10.9 Å². The smallest absolute Gasteiger partial charge is 0.245 e. The van der Waals surface area contributed by atoms with Crippen LogP contribution in [0, 0.1) is 5.92 Å². The number of unbranched alkanes of at least 4 members (excludes halogenated alkanes) is 1. The van der Waals surface area contributed by atoms with Gasteiger partial charge in [-0.2, -0.15) is 11.8 Å². The summed E-state index contributed by atoms with van der Waals surface area (Å²) in [7, 11) is 4.58. The van der Waals surface area contributed by atoms with Crippen LogP contribution < -0.4 is 32.7 Å². The zero-order valence-electron chi connectivity index (χ0n) is 35.7. The van der Waals surface area contributed by atoms with Gasteiger partial charge in [0.1, 0.15) is 30.2 Å². The van der Waals surface area contributed by atoms with Crippen LogP contribution in [-0.4, -0.2) is 138 Å². The minimum atomic E-state index is -1.08. The highest BCUT2D eigenvalue weighted by Crippen LogP contribution is 2.23. The first-order valence-corrected chi connectivity index (χ1v) is 21.8. The second kappa shape index (κ2) is 25.6. The highest BCUT2D eigenvalue weighted by atomic mass is 32.2. The molecule has 0 saturated heterocycles. The van der Waals surface area contributed by atoms with Crippen molar-refractivity contribution in [3.63, 3.8) is 0 Å². The van der Waals surface area contributed by atoms with Crippen LogP contribution in [0.15, 0.2) is 54.7 Å². The summed E-state index contributed by atoms with van der Waals surface area (Å²) >= 11 is 1.70. The molecule has 60 heavy (non-hydrogen) atoms. The Bertz CT molecular complexity index is 1860. The van der Waals surface area contributed by atoms with E-state index in [-0.39, 0.29) is 31.8 Å². The Morgan fingerprint density at radius 1 is 0.917 bits per heavy atom. The number of amides is 5. The van der Waals surface area contributed by atoms with E-state index in [0.29, 0.717) is 37.5 Å². The van der Waals surface area contributed by atoms with Crippen LogP contribution >= 0.6 is 11.8 Å². The summed E-state index contributed by atoms with van der Waals surface area (Å²) in [6, 6.07) is 10.9. The Hall–Kier alpha value is -4.97. The number of phenols is 1. The number of carbonyl (C=O) groups excluding carboxylic acids is 6. The first-order chi connectivity index (χ1) is 28.8. The number of nitrogens with two attached hydrogens (primary N) is 2. The summed E-state index contributed by atoms with van der Waals surface area (Å²) in [6.07, 6.45) is 5.53. The van der Waals surface area contributed by atoms with Gasteiger partial charge in [-0.3, -0.25) is 24.0 Å². The lowest BCUT2D eigenvalue weighted by Crippen LogP contribution is -2.58. The molecule has 1 heterocycles. The molecule has 4 unspecified atom stereocenters. The minimum Gasteiger partial charge on any atom is -0.508 e. The van der Waals surface area contributed by atoms with Gasteiger partial charge >= 0.3 is 0 Å². The zero-order chi connectivity index (χ0) is 44.2. The Morgan fingerprint density at radius 2 is 1.62 bits per heavy atom. The van der Waals surface area contributed by atoms with E-state index >= 15 is 0 Å². The molecule has 0 aliphatic heterocycles. The van der Waals surface area contributed by atoms with E-state index in [1.165, 1.54) is 23.9 Å². The van der Waals surface area contributed by atoms with Gasteiger partial charge in [0, 0.05) is 56.5 Å². The molecule has 330 valence electrons. The largest absolute Gasteiger partial charge is 0.508 e. The molecule has 3 aromatic rings. The molecule has 0 aliphatic rings. The van der Waals surface area contributed by atoms with Crippen molar-refractivity contribution < 1.29 is 33.9 Å². The normalized spacial score (nSPS) is 13.7. The fourth-order valence-corrected chi connectivity index (χ4v) is 7.89. The molecule has 1 aromatic heterocycles. The number of benzene rings is 2. The predicted molar refractivity (Wildman–Crippen MR) is 236 cm³/mol. The van der Waals surface area contributed by atoms with Crippen LogP contribution in [0.4, 0.5) is 0 Å². The number of fused-ring (bicyclic) bond motifs is 1. The molecule has 0 bridgehead atoms. The lowest BCUT2D eigenvalue weighted by molar-refractivity contribution is -0.144. The van der Waals surface area contributed by atoms with Crippen LogP contribution in [0.5, 0.6) is 5.75 Å². The minimum absolute atomic E-state index is 0.0767. The van der Waals surface area contributed by atoms with Crippen molar-refractivity contribution in [3.8, 4) is 5.75 Å². The highest BCUT2D eigenvalue weighted by molar-refractivity contribution is 7.99. The van der Waals surface area contributed by atoms with Gasteiger partial charge in [0.25, 0.3) is 0 Å². The number of hydrogen-bond donors (Lipinski definition) is 7. The van der Waals surface area contributed by atoms with Gasteiger partial charge in [-0.15, -0.1) is 0 Å². The molecule has 9 N–H and O–H groups in total. The van der Waals surface area contributed by atoms with Crippen LogP contribution in [-0.2, 0) is 48.2 Å². The lowest BCUT2D eigenvalue weighted by atomic mass is 10.0. The fraction of sp³-hybridized carbons (Fsp3) is 0.535. The lowest BCUT2D eigenvalue weighted by Gasteiger charge is -2.31. The van der Waals surface area contributed by atoms with E-state index in [9.17, 15) is 33.9 Å². The van der Waals surface area contributed by atoms with E-state index in [0.717, 1.165) is 46.9 Å². The third-order valence-corrected chi connectivity index (χ3v) is 11.7. The van der Waals surface area contributed by atoms with Gasteiger partial charge < -0.3 is 57.0 Å². The van der Waals surface area contributed by atoms with Gasteiger partial charge in [-0.1, -0.05) is 57.0 Å². The number of likely N-dealkylation sites (N-methyl/N-ethyl adjacent to an activating group) is 3. The molecule has 3 rings (SSSR count). The van der Waals surface area contributed by atoms with Crippen molar-refractivity contribution in [2.75, 3.05) is 58.8 Å². The maximum absolute atomic E-state index is 14.1. The first-order valence-electron chi connectivity index (χ1n) is 20.6. The van der Waals surface area contributed by atoms with Crippen LogP contribution in [0.3, 0.4) is 0 Å². The Balaban J connectivity index is 1.66. The molecular weight excluding hydrogens is 787 g/mol. The summed E-state index contributed by atoms with van der Waals surface area (Å²) < 4.78 is 1.78. The zero-order valence-corrected chi connectivity index (χ0v) is 36.5. The molecular formula is C43H65N9O7S. The number of nitrogens with one attached hydrogen (secondary N) is 4. The van der Waals surface area contributed by atoms with Crippen molar-refractivity contribution in [2.24, 2.45) is 17.4 Å². The standard InChI is InChI=1S/C43H65N9O7S/c1-6-7-11-38(42(58)49-36(25-45)40(56)47-19-22-60-28-29(2)23-30-13-15-32(54)16-14-30)51(5)39(55)27-50(4)43(59)35(48-41(57)34(46-3)17-18-44)24-31-26-52(20-21-53)37-12-9-8-10-33(31)37/h8-10,12-16,21,26,29,34-36,38,46,54H,6-7,11,17-20,22-25,27-28,44-45H2,1-5H3,(H,47,56)(H,48,57)(H,49,58)/t29?,34?,35?,36?,38-/m0/s1. The molecule has 0 aliphatic carbocycles. The Labute approximate surface area is 357 Å². The number of nitrogens with zero attached hydrogens (tertiary/aromatic N) is 3. The van der Waals surface area contributed by atoms with E-state index in [1.54, 1.807) is 41.7 Å². The number of hydrogen-bond acceptors (Lipinski definition) is 11. The molecule has 17 heteroatoms. The maximum Gasteiger partial charge on any atom is 0.245 e. The number of carbonyl (C=O) groups is 6. The SMILES string of the molecule is CCCC[C@@H](C(=O)NC(CN)C(=O)NCCSCC(C)Cc1ccc(O)cc1)N(C)C(=O)CN(C)C(=O)C(Cc1cn(CC=O)c2ccccc12)NC(=O)C(CCN)NC. The van der Waals surface area contributed by atoms with Crippen LogP contribution in [0.2, 0.25) is 0 Å². The van der Waals surface area contributed by atoms with Gasteiger partial charge in [0.2, 0.25) is 29.5 Å². The molecule has 0 radical (unpaired) electrons. The van der Waals surface area contributed by atoms with Crippen molar-refractivity contribution in [3.05, 3.63) is 65.9 Å². The average molecular weight is 852 g/mol. The fourth-order valence-electron chi connectivity index (χ4n) is 6.96. The van der Waals surface area contributed by atoms with E-state index < -0.39 is 60.2 Å². The summed E-state index contributed by atoms with van der Waals surface area (Å²) in [5.74, 6) is -0.272. The van der Waals surface area contributed by atoms with E-state index in [2.05, 4.69) is 28.2 Å². The second-order valence-electron chi connectivity index (χ2n) is 15.2. The van der Waals surface area contributed by atoms with Crippen molar-refractivity contribution >= 4 is 58.5 Å². The second-order valence-corrected chi connectivity index (χ2v) is 16.3. The average Bonchev–Trinajstić information content (AvgIpc) is 3.58. The third-order valence-electron chi connectivity index (χ3n) is 10.4.